The molecule has 1 aromatic carbocycles. The van der Waals surface area contributed by atoms with E-state index < -0.39 is 11.7 Å². The molecule has 11 heteroatoms. The second-order valence-electron chi connectivity index (χ2n) is 7.49. The van der Waals surface area contributed by atoms with Crippen molar-refractivity contribution in [1.82, 2.24) is 9.97 Å². The standard InChI is InChI=1S/C19H23F3N6.2ClH/c20-19(21,22)16-13(25)6-5-12(24)15(16)17-26-14-4-2-1-3-11(14)18(27-17)28-8-7-10(23)9-28;;/h5-6,10H,1-4,7-9,23-25H2;2*1H. The van der Waals surface area contributed by atoms with Gasteiger partial charge in [-0.15, -0.1) is 24.8 Å². The normalized spacial score (nSPS) is 18.4. The number of anilines is 3. The molecular formula is C19H25Cl2F3N6. The first-order chi connectivity index (χ1) is 13.3. The van der Waals surface area contributed by atoms with E-state index >= 15 is 0 Å². The molecule has 2 aliphatic rings. The number of aromatic nitrogens is 2. The van der Waals surface area contributed by atoms with Crippen molar-refractivity contribution in [3.8, 4) is 11.4 Å². The fourth-order valence-corrected chi connectivity index (χ4v) is 4.11. The quantitative estimate of drug-likeness (QED) is 0.586. The monoisotopic (exact) mass is 464 g/mol. The van der Waals surface area contributed by atoms with Crippen LogP contribution in [0, 0.1) is 0 Å². The summed E-state index contributed by atoms with van der Waals surface area (Å²) in [7, 11) is 0. The summed E-state index contributed by atoms with van der Waals surface area (Å²) in [6.07, 6.45) is -0.360. The van der Waals surface area contributed by atoms with Gasteiger partial charge in [-0.1, -0.05) is 0 Å². The minimum atomic E-state index is -4.66. The lowest BCUT2D eigenvalue weighted by Gasteiger charge is -2.26. The lowest BCUT2D eigenvalue weighted by atomic mass is 9.95. The summed E-state index contributed by atoms with van der Waals surface area (Å²) < 4.78 is 41.2. The molecule has 6 N–H and O–H groups in total. The van der Waals surface area contributed by atoms with Gasteiger partial charge in [0, 0.05) is 41.8 Å². The van der Waals surface area contributed by atoms with Crippen LogP contribution >= 0.6 is 24.8 Å². The second-order valence-corrected chi connectivity index (χ2v) is 7.49. The number of halogens is 5. The van der Waals surface area contributed by atoms with E-state index in [0.717, 1.165) is 43.5 Å². The van der Waals surface area contributed by atoms with Gasteiger partial charge in [0.15, 0.2) is 5.82 Å². The molecule has 2 heterocycles. The highest BCUT2D eigenvalue weighted by Crippen LogP contribution is 2.43. The van der Waals surface area contributed by atoms with Gasteiger partial charge in [-0.25, -0.2) is 9.97 Å². The summed E-state index contributed by atoms with van der Waals surface area (Å²) in [4.78, 5) is 11.1. The fraction of sp³-hybridized carbons (Fsp3) is 0.474. The van der Waals surface area contributed by atoms with E-state index in [1.165, 1.54) is 12.1 Å². The first kappa shape index (κ1) is 24.3. The predicted molar refractivity (Wildman–Crippen MR) is 117 cm³/mol. The van der Waals surface area contributed by atoms with E-state index in [-0.39, 0.29) is 53.6 Å². The maximum absolute atomic E-state index is 13.7. The molecule has 6 nitrogen and oxygen atoms in total. The molecule has 30 heavy (non-hydrogen) atoms. The molecule has 0 spiro atoms. The van der Waals surface area contributed by atoms with Gasteiger partial charge in [0.1, 0.15) is 5.82 Å². The van der Waals surface area contributed by atoms with Crippen molar-refractivity contribution in [1.29, 1.82) is 0 Å². The van der Waals surface area contributed by atoms with Crippen molar-refractivity contribution in [2.75, 3.05) is 29.5 Å². The lowest BCUT2D eigenvalue weighted by Crippen LogP contribution is -2.29. The number of hydrogen-bond acceptors (Lipinski definition) is 6. The van der Waals surface area contributed by atoms with Gasteiger partial charge in [-0.2, -0.15) is 13.2 Å². The Labute approximate surface area is 185 Å². The van der Waals surface area contributed by atoms with Crippen molar-refractivity contribution in [2.45, 2.75) is 44.3 Å². The lowest BCUT2D eigenvalue weighted by molar-refractivity contribution is -0.136. The van der Waals surface area contributed by atoms with Crippen LogP contribution < -0.4 is 22.1 Å². The predicted octanol–water partition coefficient (Wildman–Crippen LogP) is 3.59. The average molecular weight is 465 g/mol. The van der Waals surface area contributed by atoms with Gasteiger partial charge >= 0.3 is 6.18 Å². The Morgan fingerprint density at radius 1 is 1.00 bits per heavy atom. The molecule has 1 atom stereocenters. The smallest absolute Gasteiger partial charge is 0.398 e. The molecule has 1 fully saturated rings. The number of nitrogen functional groups attached to an aromatic ring is 2. The Morgan fingerprint density at radius 3 is 2.30 bits per heavy atom. The number of hydrogen-bond donors (Lipinski definition) is 3. The molecule has 2 aromatic rings. The molecule has 0 amide bonds. The Kier molecular flexibility index (Phi) is 7.32. The fourth-order valence-electron chi connectivity index (χ4n) is 4.11. The summed E-state index contributed by atoms with van der Waals surface area (Å²) in [5.74, 6) is 0.663. The van der Waals surface area contributed by atoms with Crippen LogP contribution in [0.3, 0.4) is 0 Å². The minimum Gasteiger partial charge on any atom is -0.398 e. The van der Waals surface area contributed by atoms with Gasteiger partial charge in [0.05, 0.1) is 11.1 Å². The third-order valence-corrected chi connectivity index (χ3v) is 5.46. The highest BCUT2D eigenvalue weighted by molar-refractivity contribution is 5.85. The van der Waals surface area contributed by atoms with Crippen LogP contribution in [-0.2, 0) is 19.0 Å². The summed E-state index contributed by atoms with van der Waals surface area (Å²) in [5, 5.41) is 0. The Morgan fingerprint density at radius 2 is 1.67 bits per heavy atom. The topological polar surface area (TPSA) is 107 Å². The third-order valence-electron chi connectivity index (χ3n) is 5.46. The zero-order valence-electron chi connectivity index (χ0n) is 16.2. The highest BCUT2D eigenvalue weighted by Gasteiger charge is 2.38. The molecule has 1 unspecified atom stereocenters. The van der Waals surface area contributed by atoms with Crippen LogP contribution in [0.15, 0.2) is 12.1 Å². The molecule has 1 saturated heterocycles. The Hall–Kier alpha value is -1.97. The van der Waals surface area contributed by atoms with Crippen molar-refractivity contribution < 1.29 is 13.2 Å². The zero-order valence-corrected chi connectivity index (χ0v) is 17.8. The molecule has 0 radical (unpaired) electrons. The van der Waals surface area contributed by atoms with Crippen LogP contribution in [0.25, 0.3) is 11.4 Å². The molecule has 4 rings (SSSR count). The molecule has 1 aliphatic carbocycles. The van der Waals surface area contributed by atoms with E-state index in [2.05, 4.69) is 14.9 Å². The van der Waals surface area contributed by atoms with Gasteiger partial charge in [-0.05, 0) is 44.2 Å². The number of aryl methyl sites for hydroxylation is 1. The van der Waals surface area contributed by atoms with Crippen molar-refractivity contribution in [3.63, 3.8) is 0 Å². The van der Waals surface area contributed by atoms with Crippen LogP contribution in [0.5, 0.6) is 0 Å². The Balaban J connectivity index is 0.00000160. The number of nitrogens with two attached hydrogens (primary N) is 3. The number of alkyl halides is 3. The number of benzene rings is 1. The van der Waals surface area contributed by atoms with Crippen molar-refractivity contribution in [3.05, 3.63) is 29.0 Å². The molecule has 0 bridgehead atoms. The number of fused-ring (bicyclic) bond motifs is 1. The zero-order chi connectivity index (χ0) is 20.1. The molecular weight excluding hydrogens is 440 g/mol. The van der Waals surface area contributed by atoms with Crippen LogP contribution in [-0.4, -0.2) is 29.1 Å². The highest BCUT2D eigenvalue weighted by atomic mass is 35.5. The van der Waals surface area contributed by atoms with Crippen molar-refractivity contribution >= 4 is 42.0 Å². The van der Waals surface area contributed by atoms with E-state index in [9.17, 15) is 13.2 Å². The SMILES string of the molecule is Cl.Cl.Nc1ccc(N)c(C(F)(F)F)c1-c1nc2c(c(N3CCC(N)C3)n1)CCCC2. The van der Waals surface area contributed by atoms with Crippen molar-refractivity contribution in [2.24, 2.45) is 5.73 Å². The summed E-state index contributed by atoms with van der Waals surface area (Å²) in [6.45, 7) is 1.35. The van der Waals surface area contributed by atoms with Gasteiger partial charge < -0.3 is 22.1 Å². The number of nitrogens with zero attached hydrogens (tertiary/aromatic N) is 3. The summed E-state index contributed by atoms with van der Waals surface area (Å²) >= 11 is 0. The van der Waals surface area contributed by atoms with Gasteiger partial charge in [0.25, 0.3) is 0 Å². The van der Waals surface area contributed by atoms with Crippen LogP contribution in [0.4, 0.5) is 30.4 Å². The maximum Gasteiger partial charge on any atom is 0.419 e. The molecule has 1 aliphatic heterocycles. The third kappa shape index (κ3) is 4.38. The second kappa shape index (κ2) is 9.03. The van der Waals surface area contributed by atoms with Crippen LogP contribution in [0.1, 0.15) is 36.1 Å². The van der Waals surface area contributed by atoms with E-state index in [1.54, 1.807) is 0 Å². The van der Waals surface area contributed by atoms with Gasteiger partial charge in [-0.3, -0.25) is 0 Å². The first-order valence-electron chi connectivity index (χ1n) is 9.41. The summed E-state index contributed by atoms with van der Waals surface area (Å²) in [5.41, 5.74) is 17.8. The largest absolute Gasteiger partial charge is 0.419 e. The molecule has 1 aromatic heterocycles. The van der Waals surface area contributed by atoms with Crippen LogP contribution in [0.2, 0.25) is 0 Å². The maximum atomic E-state index is 13.7. The van der Waals surface area contributed by atoms with E-state index in [0.29, 0.717) is 18.8 Å². The Bertz CT molecular complexity index is 922. The molecule has 0 saturated carbocycles. The van der Waals surface area contributed by atoms with Gasteiger partial charge in [0.2, 0.25) is 0 Å². The summed E-state index contributed by atoms with van der Waals surface area (Å²) in [6, 6.07) is 2.56. The minimum absolute atomic E-state index is 0. The number of rotatable bonds is 2. The molecule has 166 valence electrons. The average Bonchev–Trinajstić information content (AvgIpc) is 3.07. The van der Waals surface area contributed by atoms with E-state index in [4.69, 9.17) is 17.2 Å². The first-order valence-corrected chi connectivity index (χ1v) is 9.41. The van der Waals surface area contributed by atoms with E-state index in [1.807, 2.05) is 0 Å².